The smallest absolute Gasteiger partial charge is 0.155 e. The number of nitrogens with zero attached hydrogens (tertiary/aromatic N) is 4. The molecule has 3 heterocycles. The second-order valence-electron chi connectivity index (χ2n) is 6.39. The lowest BCUT2D eigenvalue weighted by atomic mass is 10.1. The van der Waals surface area contributed by atoms with Gasteiger partial charge in [-0.2, -0.15) is 5.10 Å². The molecule has 142 valence electrons. The van der Waals surface area contributed by atoms with Crippen molar-refractivity contribution in [1.82, 2.24) is 19.7 Å². The lowest BCUT2D eigenvalue weighted by molar-refractivity contribution is -0.596. The van der Waals surface area contributed by atoms with Crippen molar-refractivity contribution in [3.8, 4) is 11.3 Å². The van der Waals surface area contributed by atoms with Crippen LogP contribution in [0.1, 0.15) is 5.56 Å². The fourth-order valence-electron chi connectivity index (χ4n) is 3.06. The van der Waals surface area contributed by atoms with Crippen molar-refractivity contribution in [3.63, 3.8) is 0 Å². The van der Waals surface area contributed by atoms with Crippen molar-refractivity contribution in [1.29, 1.82) is 0 Å². The number of fused-ring (bicyclic) bond motifs is 1. The number of quaternary nitrogens is 1. The van der Waals surface area contributed by atoms with Gasteiger partial charge in [0.15, 0.2) is 5.82 Å². The van der Waals surface area contributed by atoms with Gasteiger partial charge < -0.3 is 5.32 Å². The van der Waals surface area contributed by atoms with E-state index in [1.165, 1.54) is 0 Å². The first kappa shape index (κ1) is 17.9. The molecule has 0 aliphatic heterocycles. The zero-order valence-corrected chi connectivity index (χ0v) is 15.6. The fraction of sp³-hybridized carbons (Fsp3) is 0.150. The topological polar surface area (TPSA) is 84.3 Å². The lowest BCUT2D eigenvalue weighted by Gasteiger charge is -2.13. The molecule has 0 radical (unpaired) electrons. The third-order valence-corrected chi connectivity index (χ3v) is 4.44. The first-order valence-corrected chi connectivity index (χ1v) is 8.96. The molecule has 7 nitrogen and oxygen atoms in total. The average molecular weight is 378 g/mol. The van der Waals surface area contributed by atoms with Gasteiger partial charge in [0, 0.05) is 42.5 Å². The van der Waals surface area contributed by atoms with E-state index in [4.69, 9.17) is 4.98 Å². The Morgan fingerprint density at radius 3 is 2.86 bits per heavy atom. The molecular weight excluding hydrogens is 357 g/mol. The summed E-state index contributed by atoms with van der Waals surface area (Å²) in [7, 11) is 3.76. The number of aromatic nitrogens is 4. The van der Waals surface area contributed by atoms with Crippen LogP contribution in [0.3, 0.4) is 0 Å². The first-order valence-electron chi connectivity index (χ1n) is 8.96. The highest BCUT2D eigenvalue weighted by Gasteiger charge is 2.12. The summed E-state index contributed by atoms with van der Waals surface area (Å²) in [4.78, 5) is 8.89. The van der Waals surface area contributed by atoms with E-state index in [-0.39, 0.29) is 5.82 Å². The number of pyridine rings is 2. The molecule has 0 spiro atoms. The van der Waals surface area contributed by atoms with Gasteiger partial charge in [-0.15, -0.1) is 0 Å². The molecule has 4 N–H and O–H groups in total. The van der Waals surface area contributed by atoms with Gasteiger partial charge in [0.1, 0.15) is 11.5 Å². The summed E-state index contributed by atoms with van der Waals surface area (Å²) in [6, 6.07) is 10.9. The third-order valence-electron chi connectivity index (χ3n) is 4.44. The molecular formula is C20H21FN7+. The predicted molar refractivity (Wildman–Crippen MR) is 107 cm³/mol. The number of nitrogens with two attached hydrogens (primary N) is 1. The highest BCUT2D eigenvalue weighted by atomic mass is 19.1. The Kier molecular flexibility index (Phi) is 4.86. The number of rotatable bonds is 6. The molecule has 8 heteroatoms. The molecule has 1 aromatic carbocycles. The van der Waals surface area contributed by atoms with Crippen molar-refractivity contribution in [2.75, 3.05) is 17.8 Å². The summed E-state index contributed by atoms with van der Waals surface area (Å²) in [6.45, 7) is 0.304. The van der Waals surface area contributed by atoms with Crippen LogP contribution in [-0.2, 0) is 13.6 Å². The fourth-order valence-corrected chi connectivity index (χ4v) is 3.06. The summed E-state index contributed by atoms with van der Waals surface area (Å²) in [5.41, 5.74) is 8.72. The monoisotopic (exact) mass is 378 g/mol. The second kappa shape index (κ2) is 7.61. The maximum atomic E-state index is 14.8. The van der Waals surface area contributed by atoms with Crippen LogP contribution >= 0.6 is 0 Å². The van der Waals surface area contributed by atoms with Crippen molar-refractivity contribution < 1.29 is 9.82 Å². The van der Waals surface area contributed by atoms with Crippen molar-refractivity contribution in [2.24, 2.45) is 7.05 Å². The number of aryl methyl sites for hydroxylation is 1. The molecule has 0 saturated carbocycles. The van der Waals surface area contributed by atoms with E-state index in [1.54, 1.807) is 35.3 Å². The van der Waals surface area contributed by atoms with Gasteiger partial charge in [0.25, 0.3) is 0 Å². The lowest BCUT2D eigenvalue weighted by Crippen LogP contribution is -2.84. The van der Waals surface area contributed by atoms with Gasteiger partial charge in [-0.25, -0.2) is 20.2 Å². The highest BCUT2D eigenvalue weighted by Crippen LogP contribution is 2.26. The zero-order valence-electron chi connectivity index (χ0n) is 15.6. The molecule has 0 saturated heterocycles. The van der Waals surface area contributed by atoms with E-state index in [2.05, 4.69) is 20.8 Å². The van der Waals surface area contributed by atoms with E-state index >= 15 is 0 Å². The van der Waals surface area contributed by atoms with Crippen LogP contribution in [0.2, 0.25) is 0 Å². The minimum atomic E-state index is -0.266. The summed E-state index contributed by atoms with van der Waals surface area (Å²) < 4.78 is 16.6. The molecule has 0 bridgehead atoms. The maximum absolute atomic E-state index is 14.8. The molecule has 0 amide bonds. The summed E-state index contributed by atoms with van der Waals surface area (Å²) in [5, 5.41) is 7.96. The maximum Gasteiger partial charge on any atom is 0.155 e. The number of nitrogens with one attached hydrogen (secondary N) is 2. The summed E-state index contributed by atoms with van der Waals surface area (Å²) >= 11 is 0. The largest absolute Gasteiger partial charge is 0.364 e. The Morgan fingerprint density at radius 2 is 2.07 bits per heavy atom. The molecule has 0 unspecified atom stereocenters. The SMILES string of the molecule is C[NH2+]Nc1ccc(-c2cnn(C)c2)nc1NCc1ccc2ncccc2c1F. The minimum Gasteiger partial charge on any atom is -0.364 e. The molecule has 4 rings (SSSR count). The molecule has 3 aromatic heterocycles. The molecule has 0 atom stereocenters. The first-order chi connectivity index (χ1) is 13.7. The number of nitrogen functional groups attached to an aromatic ring is 1. The molecule has 0 aliphatic rings. The van der Waals surface area contributed by atoms with Crippen LogP contribution in [0.15, 0.2) is 55.0 Å². The van der Waals surface area contributed by atoms with E-state index in [0.717, 1.165) is 16.9 Å². The summed E-state index contributed by atoms with van der Waals surface area (Å²) in [6.07, 6.45) is 5.33. The Morgan fingerprint density at radius 1 is 1.18 bits per heavy atom. The van der Waals surface area contributed by atoms with E-state index in [0.29, 0.717) is 28.8 Å². The Bertz CT molecular complexity index is 1120. The van der Waals surface area contributed by atoms with Crippen LogP contribution in [0.25, 0.3) is 22.2 Å². The van der Waals surface area contributed by atoms with Crippen molar-refractivity contribution >= 4 is 22.4 Å². The van der Waals surface area contributed by atoms with Crippen molar-refractivity contribution in [3.05, 3.63) is 66.4 Å². The van der Waals surface area contributed by atoms with Gasteiger partial charge in [-0.05, 0) is 30.3 Å². The van der Waals surface area contributed by atoms with Gasteiger partial charge in [0.05, 0.1) is 24.5 Å². The number of benzene rings is 1. The zero-order chi connectivity index (χ0) is 19.5. The van der Waals surface area contributed by atoms with Crippen LogP contribution in [0, 0.1) is 5.82 Å². The van der Waals surface area contributed by atoms with Crippen molar-refractivity contribution in [2.45, 2.75) is 6.54 Å². The summed E-state index contributed by atoms with van der Waals surface area (Å²) in [5.74, 6) is 0.378. The van der Waals surface area contributed by atoms with Gasteiger partial charge >= 0.3 is 0 Å². The van der Waals surface area contributed by atoms with Gasteiger partial charge in [-0.3, -0.25) is 9.67 Å². The Labute approximate surface area is 161 Å². The quantitative estimate of drug-likeness (QED) is 0.354. The molecule has 28 heavy (non-hydrogen) atoms. The number of hydrogen-bond donors (Lipinski definition) is 3. The number of hydrogen-bond acceptors (Lipinski definition) is 5. The standard InChI is InChI=1S/C20H20FN7/c1-22-27-18-8-7-16(14-11-25-28(2)12-14)26-20(18)24-10-13-5-6-17-15(19(13)21)4-3-9-23-17/h3-9,11-12,22,27H,10H2,1-2H3,(H,24,26)/p+1. The van der Waals surface area contributed by atoms with Crippen LogP contribution < -0.4 is 16.2 Å². The van der Waals surface area contributed by atoms with Crippen LogP contribution in [0.5, 0.6) is 0 Å². The Hall–Kier alpha value is -3.52. The third kappa shape index (κ3) is 3.49. The van der Waals surface area contributed by atoms with Gasteiger partial charge in [-0.1, -0.05) is 6.07 Å². The van der Waals surface area contributed by atoms with E-state index < -0.39 is 0 Å². The van der Waals surface area contributed by atoms with E-state index in [1.807, 2.05) is 43.9 Å². The second-order valence-corrected chi connectivity index (χ2v) is 6.39. The molecule has 4 aromatic rings. The Balaban J connectivity index is 1.64. The average Bonchev–Trinajstić information content (AvgIpc) is 3.15. The molecule has 0 aliphatic carbocycles. The number of anilines is 2. The minimum absolute atomic E-state index is 0.266. The van der Waals surface area contributed by atoms with Crippen LogP contribution in [0.4, 0.5) is 15.9 Å². The number of halogens is 1. The normalized spacial score (nSPS) is 11.0. The predicted octanol–water partition coefficient (Wildman–Crippen LogP) is 2.30. The highest BCUT2D eigenvalue weighted by molar-refractivity contribution is 5.80. The van der Waals surface area contributed by atoms with Gasteiger partial charge in [0.2, 0.25) is 0 Å². The molecule has 0 fully saturated rings. The van der Waals surface area contributed by atoms with Crippen LogP contribution in [-0.4, -0.2) is 26.8 Å². The van der Waals surface area contributed by atoms with E-state index in [9.17, 15) is 4.39 Å².